The summed E-state index contributed by atoms with van der Waals surface area (Å²) in [6.45, 7) is 2.07. The Labute approximate surface area is 131 Å². The van der Waals surface area contributed by atoms with E-state index in [1.54, 1.807) is 18.2 Å². The second-order valence-electron chi connectivity index (χ2n) is 5.43. The SMILES string of the molecule is CCCCCCCCC(=O)ON1C(=O)COc2ccccc21. The molecule has 5 heteroatoms. The highest BCUT2D eigenvalue weighted by atomic mass is 16.7. The molecule has 0 fully saturated rings. The van der Waals surface area contributed by atoms with Crippen LogP contribution in [-0.2, 0) is 14.4 Å². The van der Waals surface area contributed by atoms with Crippen LogP contribution in [0.3, 0.4) is 0 Å². The molecule has 1 aromatic rings. The molecule has 22 heavy (non-hydrogen) atoms. The number of carbonyl (C=O) groups is 2. The summed E-state index contributed by atoms with van der Waals surface area (Å²) < 4.78 is 5.30. The van der Waals surface area contributed by atoms with Crippen molar-refractivity contribution < 1.29 is 19.2 Å². The second-order valence-corrected chi connectivity index (χ2v) is 5.43. The van der Waals surface area contributed by atoms with Crippen LogP contribution in [0.5, 0.6) is 5.75 Å². The van der Waals surface area contributed by atoms with Crippen molar-refractivity contribution in [1.29, 1.82) is 0 Å². The van der Waals surface area contributed by atoms with Gasteiger partial charge in [-0.1, -0.05) is 51.2 Å². The summed E-state index contributed by atoms with van der Waals surface area (Å²) >= 11 is 0. The number of rotatable bonds is 8. The van der Waals surface area contributed by atoms with Gasteiger partial charge in [0.05, 0.1) is 0 Å². The number of anilines is 1. The fourth-order valence-corrected chi connectivity index (χ4v) is 2.38. The number of unbranched alkanes of at least 4 members (excludes halogenated alkanes) is 5. The van der Waals surface area contributed by atoms with Crippen molar-refractivity contribution in [1.82, 2.24) is 0 Å². The van der Waals surface area contributed by atoms with Crippen molar-refractivity contribution in [3.8, 4) is 5.75 Å². The molecule has 120 valence electrons. The maximum absolute atomic E-state index is 11.9. The molecule has 0 bridgehead atoms. The molecule has 0 N–H and O–H groups in total. The third kappa shape index (κ3) is 4.48. The van der Waals surface area contributed by atoms with Gasteiger partial charge in [0.25, 0.3) is 5.91 Å². The summed E-state index contributed by atoms with van der Waals surface area (Å²) in [5, 5.41) is 1.05. The molecule has 1 aliphatic heterocycles. The molecular weight excluding hydrogens is 282 g/mol. The number of ether oxygens (including phenoxy) is 1. The lowest BCUT2D eigenvalue weighted by molar-refractivity contribution is -0.151. The summed E-state index contributed by atoms with van der Waals surface area (Å²) in [4.78, 5) is 29.0. The van der Waals surface area contributed by atoms with Crippen LogP contribution < -0.4 is 9.80 Å². The Morgan fingerprint density at radius 1 is 1.18 bits per heavy atom. The lowest BCUT2D eigenvalue weighted by atomic mass is 10.1. The largest absolute Gasteiger partial charge is 0.481 e. The summed E-state index contributed by atoms with van der Waals surface area (Å²) in [7, 11) is 0. The van der Waals surface area contributed by atoms with Gasteiger partial charge in [0.2, 0.25) is 0 Å². The molecule has 0 aliphatic carbocycles. The number of amides is 1. The Morgan fingerprint density at radius 2 is 1.91 bits per heavy atom. The Morgan fingerprint density at radius 3 is 2.73 bits per heavy atom. The molecule has 1 heterocycles. The first-order valence-electron chi connectivity index (χ1n) is 7.98. The summed E-state index contributed by atoms with van der Waals surface area (Å²) in [6.07, 6.45) is 6.94. The van der Waals surface area contributed by atoms with Crippen LogP contribution in [-0.4, -0.2) is 18.5 Å². The smallest absolute Gasteiger partial charge is 0.333 e. The number of hydroxylamine groups is 1. The minimum Gasteiger partial charge on any atom is -0.481 e. The van der Waals surface area contributed by atoms with Gasteiger partial charge in [-0.2, -0.15) is 0 Å². The molecule has 0 spiro atoms. The average molecular weight is 305 g/mol. The van der Waals surface area contributed by atoms with Crippen LogP contribution in [0.4, 0.5) is 5.69 Å². The van der Waals surface area contributed by atoms with Gasteiger partial charge < -0.3 is 9.57 Å². The molecule has 5 nitrogen and oxygen atoms in total. The van der Waals surface area contributed by atoms with Crippen molar-refractivity contribution in [2.45, 2.75) is 51.9 Å². The zero-order chi connectivity index (χ0) is 15.8. The Balaban J connectivity index is 1.80. The van der Waals surface area contributed by atoms with Gasteiger partial charge in [0, 0.05) is 6.42 Å². The van der Waals surface area contributed by atoms with Crippen molar-refractivity contribution in [2.24, 2.45) is 0 Å². The highest BCUT2D eigenvalue weighted by Gasteiger charge is 2.28. The maximum Gasteiger partial charge on any atom is 0.333 e. The molecule has 0 atom stereocenters. The van der Waals surface area contributed by atoms with E-state index in [0.29, 0.717) is 17.9 Å². The first-order valence-corrected chi connectivity index (χ1v) is 7.98. The predicted octanol–water partition coefficient (Wildman–Crippen LogP) is 3.62. The minimum absolute atomic E-state index is 0.110. The fourth-order valence-electron chi connectivity index (χ4n) is 2.38. The monoisotopic (exact) mass is 305 g/mol. The standard InChI is InChI=1S/C17H23NO4/c1-2-3-4-5-6-7-12-17(20)22-18-14-10-8-9-11-15(14)21-13-16(18)19/h8-11H,2-7,12-13H2,1H3. The van der Waals surface area contributed by atoms with Gasteiger partial charge >= 0.3 is 5.97 Å². The molecular formula is C17H23NO4. The van der Waals surface area contributed by atoms with Crippen molar-refractivity contribution in [3.05, 3.63) is 24.3 Å². The Hall–Kier alpha value is -2.04. The summed E-state index contributed by atoms with van der Waals surface area (Å²) in [5.41, 5.74) is 0.482. The van der Waals surface area contributed by atoms with Gasteiger partial charge in [0.1, 0.15) is 11.4 Å². The summed E-state index contributed by atoms with van der Waals surface area (Å²) in [6, 6.07) is 7.03. The number of hydrogen-bond donors (Lipinski definition) is 0. The Bertz CT molecular complexity index is 515. The number of nitrogens with zero attached hydrogens (tertiary/aromatic N) is 1. The number of fused-ring (bicyclic) bond motifs is 1. The highest BCUT2D eigenvalue weighted by Crippen LogP contribution is 2.31. The third-order valence-electron chi connectivity index (χ3n) is 3.59. The number of hydrogen-bond acceptors (Lipinski definition) is 4. The zero-order valence-corrected chi connectivity index (χ0v) is 13.0. The van der Waals surface area contributed by atoms with Gasteiger partial charge in [-0.15, -0.1) is 5.06 Å². The fraction of sp³-hybridized carbons (Fsp3) is 0.529. The van der Waals surface area contributed by atoms with Crippen LogP contribution in [0, 0.1) is 0 Å². The van der Waals surface area contributed by atoms with Crippen molar-refractivity contribution in [2.75, 3.05) is 11.7 Å². The van der Waals surface area contributed by atoms with Crippen molar-refractivity contribution >= 4 is 17.6 Å². The topological polar surface area (TPSA) is 55.8 Å². The van der Waals surface area contributed by atoms with Crippen LogP contribution in [0.15, 0.2) is 24.3 Å². The van der Waals surface area contributed by atoms with Crippen LogP contribution >= 0.6 is 0 Å². The minimum atomic E-state index is -0.374. The zero-order valence-electron chi connectivity index (χ0n) is 13.0. The molecule has 0 saturated heterocycles. The van der Waals surface area contributed by atoms with Gasteiger partial charge in [-0.3, -0.25) is 4.79 Å². The lowest BCUT2D eigenvalue weighted by Crippen LogP contribution is -2.40. The van der Waals surface area contributed by atoms with E-state index in [2.05, 4.69) is 6.92 Å². The van der Waals surface area contributed by atoms with E-state index in [-0.39, 0.29) is 18.5 Å². The average Bonchev–Trinajstić information content (AvgIpc) is 2.53. The number of carbonyl (C=O) groups excluding carboxylic acids is 2. The molecule has 2 rings (SSSR count). The van der Waals surface area contributed by atoms with Crippen molar-refractivity contribution in [3.63, 3.8) is 0 Å². The quantitative estimate of drug-likeness (QED) is 0.688. The maximum atomic E-state index is 11.9. The van der Waals surface area contributed by atoms with Gasteiger partial charge in [-0.05, 0) is 18.6 Å². The van der Waals surface area contributed by atoms with E-state index >= 15 is 0 Å². The normalized spacial score (nSPS) is 13.5. The third-order valence-corrected chi connectivity index (χ3v) is 3.59. The Kier molecular flexibility index (Phi) is 6.25. The van der Waals surface area contributed by atoms with E-state index in [1.165, 1.54) is 19.3 Å². The second kappa shape index (κ2) is 8.41. The molecule has 0 unspecified atom stereocenters. The van der Waals surface area contributed by atoms with Gasteiger partial charge in [0.15, 0.2) is 6.61 Å². The molecule has 1 amide bonds. The first kappa shape index (κ1) is 16.3. The van der Waals surface area contributed by atoms with Crippen LogP contribution in [0.1, 0.15) is 51.9 Å². The van der Waals surface area contributed by atoms with Crippen LogP contribution in [0.25, 0.3) is 0 Å². The molecule has 0 saturated carbocycles. The number of para-hydroxylation sites is 2. The molecule has 0 aromatic heterocycles. The van der Waals surface area contributed by atoms with E-state index in [1.807, 2.05) is 6.07 Å². The highest BCUT2D eigenvalue weighted by molar-refractivity contribution is 5.97. The molecule has 0 radical (unpaired) electrons. The number of benzene rings is 1. The van der Waals surface area contributed by atoms with E-state index in [0.717, 1.165) is 24.3 Å². The lowest BCUT2D eigenvalue weighted by Gasteiger charge is -2.27. The van der Waals surface area contributed by atoms with E-state index in [4.69, 9.17) is 9.57 Å². The molecule has 1 aromatic carbocycles. The van der Waals surface area contributed by atoms with Crippen LogP contribution in [0.2, 0.25) is 0 Å². The van der Waals surface area contributed by atoms with Gasteiger partial charge in [-0.25, -0.2) is 4.79 Å². The molecule has 1 aliphatic rings. The van der Waals surface area contributed by atoms with E-state index < -0.39 is 0 Å². The summed E-state index contributed by atoms with van der Waals surface area (Å²) in [5.74, 6) is -0.190. The van der Waals surface area contributed by atoms with E-state index in [9.17, 15) is 9.59 Å². The predicted molar refractivity (Wildman–Crippen MR) is 83.5 cm³/mol. The first-order chi connectivity index (χ1) is 10.7.